The van der Waals surface area contributed by atoms with Crippen LogP contribution in [-0.2, 0) is 14.6 Å². The van der Waals surface area contributed by atoms with Crippen molar-refractivity contribution in [3.8, 4) is 28.5 Å². The Labute approximate surface area is 187 Å². The Morgan fingerprint density at radius 3 is 2.55 bits per heavy atom. The molecule has 0 unspecified atom stereocenters. The first-order valence-electron chi connectivity index (χ1n) is 9.67. The molecule has 0 fully saturated rings. The molecule has 2 N–H and O–H groups in total. The average molecular weight is 479 g/mol. The zero-order valence-electron chi connectivity index (χ0n) is 17.2. The summed E-state index contributed by atoms with van der Waals surface area (Å²) in [6.45, 7) is -2.87. The van der Waals surface area contributed by atoms with Crippen molar-refractivity contribution >= 4 is 15.7 Å². The molecule has 4 rings (SSSR count). The lowest BCUT2D eigenvalue weighted by Crippen LogP contribution is -2.17. The molecule has 1 aromatic carbocycles. The zero-order chi connectivity index (χ0) is 23.6. The molecule has 0 saturated heterocycles. The third-order valence-corrected chi connectivity index (χ3v) is 5.58. The lowest BCUT2D eigenvalue weighted by atomic mass is 10.1. The normalized spacial score (nSPS) is 15.9. The second-order valence-corrected chi connectivity index (χ2v) is 9.09. The van der Waals surface area contributed by atoms with Gasteiger partial charge in [0.1, 0.15) is 29.0 Å². The van der Waals surface area contributed by atoms with Crippen LogP contribution in [0, 0.1) is 0 Å². The summed E-state index contributed by atoms with van der Waals surface area (Å²) in [5, 5.41) is 9.07. The fourth-order valence-electron chi connectivity index (χ4n) is 3.09. The third-order valence-electron chi connectivity index (χ3n) is 4.58. The molecule has 1 aliphatic rings. The number of sulfone groups is 1. The number of hydrogen-bond acceptors (Lipinski definition) is 8. The number of aliphatic hydroxyl groups excluding tert-OH is 1. The average Bonchev–Trinajstić information content (AvgIpc) is 3.42. The summed E-state index contributed by atoms with van der Waals surface area (Å²) in [6.07, 6.45) is 1.85. The van der Waals surface area contributed by atoms with E-state index in [1.807, 2.05) is 0 Å². The highest BCUT2D eigenvalue weighted by atomic mass is 32.2. The fourth-order valence-corrected chi connectivity index (χ4v) is 3.65. The molecular formula is C21H19F2N3O6S. The smallest absolute Gasteiger partial charge is 0.387 e. The van der Waals surface area contributed by atoms with Gasteiger partial charge in [0.2, 0.25) is 5.90 Å². The number of aromatic nitrogens is 2. The highest BCUT2D eigenvalue weighted by Crippen LogP contribution is 2.33. The van der Waals surface area contributed by atoms with Crippen LogP contribution in [0.2, 0.25) is 0 Å². The summed E-state index contributed by atoms with van der Waals surface area (Å²) in [7, 11) is -3.47. The summed E-state index contributed by atoms with van der Waals surface area (Å²) in [6, 6.07) is 10.4. The van der Waals surface area contributed by atoms with E-state index in [0.29, 0.717) is 29.4 Å². The Morgan fingerprint density at radius 2 is 1.91 bits per heavy atom. The molecule has 33 heavy (non-hydrogen) atoms. The molecule has 0 saturated carbocycles. The van der Waals surface area contributed by atoms with Gasteiger partial charge in [-0.25, -0.2) is 18.4 Å². The summed E-state index contributed by atoms with van der Waals surface area (Å²) in [5.74, 6) is 0.583. The van der Waals surface area contributed by atoms with E-state index < -0.39 is 22.6 Å². The van der Waals surface area contributed by atoms with E-state index in [0.717, 1.165) is 6.26 Å². The van der Waals surface area contributed by atoms with Crippen molar-refractivity contribution in [2.45, 2.75) is 17.7 Å². The molecule has 2 aromatic heterocycles. The van der Waals surface area contributed by atoms with Crippen molar-refractivity contribution in [2.24, 2.45) is 4.99 Å². The quantitative estimate of drug-likeness (QED) is 0.509. The number of alkyl halides is 2. The highest BCUT2D eigenvalue weighted by molar-refractivity contribution is 7.90. The number of pyridine rings is 1. The Bertz CT molecular complexity index is 1280. The number of aromatic amines is 1. The second-order valence-electron chi connectivity index (χ2n) is 7.13. The standard InChI is InChI=1S/C21H19F2N3O6S/c1-33(28,29)19-5-2-13(9-24-19)30-14-6-12(7-15(8-14)32-21(22)23)17-3-4-18(26-17)20-25-10-16(11-27)31-20/h2-9,16,21,26-27H,10-11H2,1H3/t16-/m1/s1. The van der Waals surface area contributed by atoms with Crippen molar-refractivity contribution in [2.75, 3.05) is 19.4 Å². The largest absolute Gasteiger partial charge is 0.469 e. The van der Waals surface area contributed by atoms with Gasteiger partial charge >= 0.3 is 6.61 Å². The van der Waals surface area contributed by atoms with Gasteiger partial charge in [0, 0.05) is 23.6 Å². The van der Waals surface area contributed by atoms with Crippen LogP contribution in [0.1, 0.15) is 5.69 Å². The van der Waals surface area contributed by atoms with E-state index in [1.54, 1.807) is 18.2 Å². The maximum Gasteiger partial charge on any atom is 0.387 e. The van der Waals surface area contributed by atoms with Gasteiger partial charge in [0.05, 0.1) is 19.3 Å². The minimum absolute atomic E-state index is 0.121. The summed E-state index contributed by atoms with van der Waals surface area (Å²) in [4.78, 5) is 11.2. The van der Waals surface area contributed by atoms with Gasteiger partial charge in [-0.15, -0.1) is 0 Å². The maximum absolute atomic E-state index is 12.9. The van der Waals surface area contributed by atoms with Crippen molar-refractivity contribution in [3.05, 3.63) is 54.4 Å². The number of aliphatic hydroxyl groups is 1. The molecule has 1 aliphatic heterocycles. The molecule has 12 heteroatoms. The SMILES string of the molecule is CS(=O)(=O)c1ccc(Oc2cc(OC(F)F)cc(-c3ccc(C4=NC[C@H](CO)O4)[nH]3)c2)cn1. The topological polar surface area (TPSA) is 123 Å². The van der Waals surface area contributed by atoms with Crippen LogP contribution in [0.3, 0.4) is 0 Å². The minimum atomic E-state index is -3.47. The monoisotopic (exact) mass is 479 g/mol. The number of benzene rings is 1. The predicted octanol–water partition coefficient (Wildman–Crippen LogP) is 3.01. The van der Waals surface area contributed by atoms with E-state index >= 15 is 0 Å². The summed E-state index contributed by atoms with van der Waals surface area (Å²) in [5.41, 5.74) is 1.59. The summed E-state index contributed by atoms with van der Waals surface area (Å²) < 4.78 is 64.6. The van der Waals surface area contributed by atoms with Gasteiger partial charge in [-0.3, -0.25) is 0 Å². The molecule has 174 valence electrons. The first-order chi connectivity index (χ1) is 15.7. The minimum Gasteiger partial charge on any atom is -0.469 e. The van der Waals surface area contributed by atoms with Crippen LogP contribution in [0.25, 0.3) is 11.3 Å². The van der Waals surface area contributed by atoms with Gasteiger partial charge in [0.25, 0.3) is 0 Å². The number of H-pyrrole nitrogens is 1. The van der Waals surface area contributed by atoms with E-state index in [2.05, 4.69) is 19.7 Å². The fraction of sp³-hybridized carbons (Fsp3) is 0.238. The van der Waals surface area contributed by atoms with Gasteiger partial charge in [-0.2, -0.15) is 8.78 Å². The zero-order valence-corrected chi connectivity index (χ0v) is 18.1. The van der Waals surface area contributed by atoms with Gasteiger partial charge in [0.15, 0.2) is 14.9 Å². The number of hydrogen-bond donors (Lipinski definition) is 2. The number of rotatable bonds is 8. The number of nitrogens with one attached hydrogen (secondary N) is 1. The Hall–Kier alpha value is -3.51. The summed E-state index contributed by atoms with van der Waals surface area (Å²) >= 11 is 0. The number of halogens is 2. The molecular weight excluding hydrogens is 460 g/mol. The predicted molar refractivity (Wildman–Crippen MR) is 114 cm³/mol. The van der Waals surface area contributed by atoms with E-state index in [-0.39, 0.29) is 28.9 Å². The van der Waals surface area contributed by atoms with E-state index in [1.165, 1.54) is 30.5 Å². The van der Waals surface area contributed by atoms with Crippen LogP contribution in [0.15, 0.2) is 58.7 Å². The van der Waals surface area contributed by atoms with Crippen LogP contribution in [0.5, 0.6) is 17.2 Å². The molecule has 0 amide bonds. The molecule has 3 aromatic rings. The molecule has 1 atom stereocenters. The Kier molecular flexibility index (Phi) is 6.29. The Morgan fingerprint density at radius 1 is 1.15 bits per heavy atom. The van der Waals surface area contributed by atoms with E-state index in [9.17, 15) is 22.3 Å². The van der Waals surface area contributed by atoms with Crippen LogP contribution >= 0.6 is 0 Å². The lowest BCUT2D eigenvalue weighted by Gasteiger charge is -2.11. The van der Waals surface area contributed by atoms with Crippen LogP contribution in [0.4, 0.5) is 8.78 Å². The number of nitrogens with zero attached hydrogens (tertiary/aromatic N) is 2. The van der Waals surface area contributed by atoms with Crippen LogP contribution < -0.4 is 9.47 Å². The number of ether oxygens (including phenoxy) is 3. The van der Waals surface area contributed by atoms with Crippen molar-refractivity contribution in [1.29, 1.82) is 0 Å². The Balaban J connectivity index is 1.62. The van der Waals surface area contributed by atoms with Gasteiger partial charge in [-0.1, -0.05) is 0 Å². The molecule has 0 aliphatic carbocycles. The molecule has 0 radical (unpaired) electrons. The first kappa shape index (κ1) is 22.7. The molecule has 0 spiro atoms. The molecule has 0 bridgehead atoms. The van der Waals surface area contributed by atoms with Gasteiger partial charge in [-0.05, 0) is 36.4 Å². The van der Waals surface area contributed by atoms with Crippen molar-refractivity contribution in [1.82, 2.24) is 9.97 Å². The van der Waals surface area contributed by atoms with Gasteiger partial charge < -0.3 is 24.3 Å². The van der Waals surface area contributed by atoms with Crippen LogP contribution in [-0.4, -0.2) is 61.5 Å². The lowest BCUT2D eigenvalue weighted by molar-refractivity contribution is -0.0498. The van der Waals surface area contributed by atoms with E-state index in [4.69, 9.17) is 9.47 Å². The third kappa shape index (κ3) is 5.46. The highest BCUT2D eigenvalue weighted by Gasteiger charge is 2.21. The molecule has 3 heterocycles. The first-order valence-corrected chi connectivity index (χ1v) is 11.6. The molecule has 9 nitrogen and oxygen atoms in total. The maximum atomic E-state index is 12.9. The van der Waals surface area contributed by atoms with Crippen molar-refractivity contribution in [3.63, 3.8) is 0 Å². The second kappa shape index (κ2) is 9.16. The van der Waals surface area contributed by atoms with Crippen molar-refractivity contribution < 1.29 is 36.5 Å². The number of aliphatic imine (C=N–C) groups is 1.